The summed E-state index contributed by atoms with van der Waals surface area (Å²) in [5.41, 5.74) is 14.7. The molecule has 18 heavy (non-hydrogen) atoms. The van der Waals surface area contributed by atoms with Crippen LogP contribution in [0, 0.1) is 0 Å². The van der Waals surface area contributed by atoms with Gasteiger partial charge in [-0.3, -0.25) is 0 Å². The van der Waals surface area contributed by atoms with Gasteiger partial charge in [0.1, 0.15) is 18.6 Å². The summed E-state index contributed by atoms with van der Waals surface area (Å²) in [5.74, 6) is 0.511. The van der Waals surface area contributed by atoms with Crippen LogP contribution in [0.3, 0.4) is 0 Å². The highest BCUT2D eigenvalue weighted by atomic mass is 15.3. The number of hydrogen-bond acceptors (Lipinski definition) is 4. The number of aromatic nitrogens is 4. The number of nitrogen functional groups attached to an aromatic ring is 2. The van der Waals surface area contributed by atoms with E-state index in [-0.39, 0.29) is 0 Å². The molecule has 3 aromatic heterocycles. The third kappa shape index (κ3) is 1.39. The Morgan fingerprint density at radius 2 is 2.06 bits per heavy atom. The van der Waals surface area contributed by atoms with Crippen LogP contribution >= 0.6 is 0 Å². The zero-order valence-corrected chi connectivity index (χ0v) is 9.91. The topological polar surface area (TPSA) is 86.1 Å². The van der Waals surface area contributed by atoms with Gasteiger partial charge in [-0.1, -0.05) is 0 Å². The van der Waals surface area contributed by atoms with Gasteiger partial charge in [0.15, 0.2) is 17.5 Å². The lowest BCUT2D eigenvalue weighted by molar-refractivity contribution is -0.660. The summed E-state index contributed by atoms with van der Waals surface area (Å²) in [6, 6.07) is 7.53. The average molecular weight is 241 g/mol. The lowest BCUT2D eigenvalue weighted by Crippen LogP contribution is -2.30. The standard InChI is InChI=1S/C12H12N6/c1-17-7-3-2-4-8(17)11-10(14)12-15-6-5-9(13)18(12)16-11/h2-7,13-14,16H,1H3/p+1. The third-order valence-corrected chi connectivity index (χ3v) is 2.88. The van der Waals surface area contributed by atoms with Crippen LogP contribution in [0.5, 0.6) is 0 Å². The van der Waals surface area contributed by atoms with E-state index >= 15 is 0 Å². The first-order valence-corrected chi connectivity index (χ1v) is 5.52. The van der Waals surface area contributed by atoms with E-state index in [1.807, 2.05) is 36.0 Å². The number of nitrogens with two attached hydrogens (primary N) is 2. The molecule has 0 radical (unpaired) electrons. The van der Waals surface area contributed by atoms with E-state index in [1.54, 1.807) is 16.8 Å². The van der Waals surface area contributed by atoms with E-state index in [9.17, 15) is 0 Å². The van der Waals surface area contributed by atoms with Crippen molar-refractivity contribution in [3.63, 3.8) is 0 Å². The zero-order chi connectivity index (χ0) is 12.7. The summed E-state index contributed by atoms with van der Waals surface area (Å²) in [4.78, 5) is 4.20. The Balaban J connectivity index is 2.35. The van der Waals surface area contributed by atoms with Gasteiger partial charge in [-0.25, -0.2) is 4.98 Å². The maximum Gasteiger partial charge on any atom is 0.235 e. The number of rotatable bonds is 1. The van der Waals surface area contributed by atoms with Crippen LogP contribution in [0.25, 0.3) is 17.0 Å². The van der Waals surface area contributed by atoms with Gasteiger partial charge in [-0.15, -0.1) is 0 Å². The van der Waals surface area contributed by atoms with E-state index in [0.717, 1.165) is 5.69 Å². The van der Waals surface area contributed by atoms with Crippen LogP contribution in [0.15, 0.2) is 36.7 Å². The number of aryl methyl sites for hydroxylation is 1. The molecule has 0 spiro atoms. The molecule has 90 valence electrons. The summed E-state index contributed by atoms with van der Waals surface area (Å²) in [6.45, 7) is 0. The van der Waals surface area contributed by atoms with Gasteiger partial charge in [0, 0.05) is 18.3 Å². The largest absolute Gasteiger partial charge is 0.394 e. The quantitative estimate of drug-likeness (QED) is 0.603. The summed E-state index contributed by atoms with van der Waals surface area (Å²) in [5, 5.41) is 4.43. The molecule has 0 saturated carbocycles. The number of hydrogen-bond donors (Lipinski definition) is 2. The second kappa shape index (κ2) is 3.69. The predicted octanol–water partition coefficient (Wildman–Crippen LogP) is 0.385. The Kier molecular flexibility index (Phi) is 2.16. The van der Waals surface area contributed by atoms with Crippen LogP contribution in [0.4, 0.5) is 11.5 Å². The fraction of sp³-hybridized carbons (Fsp3) is 0.0833. The van der Waals surface area contributed by atoms with Gasteiger partial charge >= 0.3 is 0 Å². The second-order valence-electron chi connectivity index (χ2n) is 4.06. The Hall–Kier alpha value is -2.63. The molecule has 0 bridgehead atoms. The Labute approximate surface area is 103 Å². The molecule has 0 aromatic carbocycles. The molecule has 3 heterocycles. The number of fused-ring (bicyclic) bond motifs is 1. The average Bonchev–Trinajstić information content (AvgIpc) is 2.70. The fourth-order valence-corrected chi connectivity index (χ4v) is 1.94. The maximum absolute atomic E-state index is 6.09. The van der Waals surface area contributed by atoms with Crippen molar-refractivity contribution in [3.05, 3.63) is 36.7 Å². The monoisotopic (exact) mass is 241 g/mol. The number of nitrogens with zero attached hydrogens (tertiary/aromatic N) is 4. The molecule has 0 atom stereocenters. The van der Waals surface area contributed by atoms with Crippen LogP contribution < -0.4 is 16.0 Å². The van der Waals surface area contributed by atoms with Crippen molar-refractivity contribution in [3.8, 4) is 11.4 Å². The van der Waals surface area contributed by atoms with Crippen molar-refractivity contribution in [2.24, 2.45) is 7.05 Å². The van der Waals surface area contributed by atoms with Crippen LogP contribution in [0.1, 0.15) is 0 Å². The molecule has 4 N–H and O–H groups in total. The molecule has 0 aliphatic heterocycles. The van der Waals surface area contributed by atoms with Crippen LogP contribution in [-0.2, 0) is 7.05 Å². The SMILES string of the molecule is C[n+]1ccccc1-c1nn2c(N)ccnc2c1N. The van der Waals surface area contributed by atoms with E-state index in [2.05, 4.69) is 10.1 Å². The highest BCUT2D eigenvalue weighted by Crippen LogP contribution is 2.25. The van der Waals surface area contributed by atoms with E-state index in [4.69, 9.17) is 11.5 Å². The van der Waals surface area contributed by atoms with Crippen LogP contribution in [-0.4, -0.2) is 14.6 Å². The van der Waals surface area contributed by atoms with Gasteiger partial charge in [-0.05, 0) is 12.1 Å². The minimum absolute atomic E-state index is 0.511. The normalized spacial score (nSPS) is 10.9. The Bertz CT molecular complexity index is 731. The molecular weight excluding hydrogens is 228 g/mol. The van der Waals surface area contributed by atoms with E-state index in [1.165, 1.54) is 0 Å². The van der Waals surface area contributed by atoms with Gasteiger partial charge < -0.3 is 11.5 Å². The molecular formula is C12H13N6+. The summed E-state index contributed by atoms with van der Waals surface area (Å²) in [6.07, 6.45) is 3.56. The van der Waals surface area contributed by atoms with E-state index in [0.29, 0.717) is 22.8 Å². The molecule has 6 nitrogen and oxygen atoms in total. The van der Waals surface area contributed by atoms with E-state index < -0.39 is 0 Å². The minimum atomic E-state index is 0.511. The summed E-state index contributed by atoms with van der Waals surface area (Å²) in [7, 11) is 1.94. The Morgan fingerprint density at radius 1 is 1.22 bits per heavy atom. The van der Waals surface area contributed by atoms with Crippen molar-refractivity contribution in [2.75, 3.05) is 11.5 Å². The molecule has 3 rings (SSSR count). The second-order valence-corrected chi connectivity index (χ2v) is 4.06. The van der Waals surface area contributed by atoms with Crippen molar-refractivity contribution >= 4 is 17.2 Å². The highest BCUT2D eigenvalue weighted by molar-refractivity contribution is 5.81. The first kappa shape index (κ1) is 10.5. The predicted molar refractivity (Wildman–Crippen MR) is 68.4 cm³/mol. The molecule has 0 aliphatic carbocycles. The van der Waals surface area contributed by atoms with Crippen molar-refractivity contribution < 1.29 is 4.57 Å². The molecule has 6 heteroatoms. The number of anilines is 2. The maximum atomic E-state index is 6.09. The molecule has 0 fully saturated rings. The molecule has 3 aromatic rings. The van der Waals surface area contributed by atoms with Gasteiger partial charge in [0.25, 0.3) is 0 Å². The summed E-state index contributed by atoms with van der Waals surface area (Å²) >= 11 is 0. The lowest BCUT2D eigenvalue weighted by Gasteiger charge is -1.95. The zero-order valence-electron chi connectivity index (χ0n) is 9.91. The minimum Gasteiger partial charge on any atom is -0.394 e. The molecule has 0 unspecified atom stereocenters. The first-order valence-electron chi connectivity index (χ1n) is 5.52. The highest BCUT2D eigenvalue weighted by Gasteiger charge is 2.19. The van der Waals surface area contributed by atoms with Crippen molar-refractivity contribution in [1.29, 1.82) is 0 Å². The van der Waals surface area contributed by atoms with Crippen LogP contribution in [0.2, 0.25) is 0 Å². The molecule has 0 aliphatic rings. The smallest absolute Gasteiger partial charge is 0.235 e. The van der Waals surface area contributed by atoms with Crippen molar-refractivity contribution in [1.82, 2.24) is 14.6 Å². The van der Waals surface area contributed by atoms with Gasteiger partial charge in [0.05, 0.1) is 0 Å². The number of pyridine rings is 1. The third-order valence-electron chi connectivity index (χ3n) is 2.88. The van der Waals surface area contributed by atoms with Gasteiger partial charge in [0.2, 0.25) is 5.69 Å². The first-order chi connectivity index (χ1) is 8.68. The summed E-state index contributed by atoms with van der Waals surface area (Å²) < 4.78 is 3.51. The Morgan fingerprint density at radius 3 is 2.78 bits per heavy atom. The van der Waals surface area contributed by atoms with Gasteiger partial charge in [-0.2, -0.15) is 14.2 Å². The molecule has 0 amide bonds. The van der Waals surface area contributed by atoms with Crippen molar-refractivity contribution in [2.45, 2.75) is 0 Å². The molecule has 0 saturated heterocycles. The lowest BCUT2D eigenvalue weighted by atomic mass is 10.2. The fourth-order valence-electron chi connectivity index (χ4n) is 1.94.